The van der Waals surface area contributed by atoms with Crippen molar-refractivity contribution in [3.05, 3.63) is 24.0 Å². The lowest BCUT2D eigenvalue weighted by atomic mass is 10.2. The molecule has 0 aliphatic rings. The van der Waals surface area contributed by atoms with E-state index in [1.165, 1.54) is 11.3 Å². The monoisotopic (exact) mass is 165 g/mol. The van der Waals surface area contributed by atoms with Gasteiger partial charge in [-0.3, -0.25) is 4.98 Å². The number of rotatable bonds is 4. The molecule has 1 aromatic rings. The molecule has 1 heterocycles. The molecule has 0 atom stereocenters. The highest BCUT2D eigenvalue weighted by Gasteiger charge is 1.97. The van der Waals surface area contributed by atoms with Crippen molar-refractivity contribution in [1.82, 2.24) is 10.3 Å². The van der Waals surface area contributed by atoms with Crippen LogP contribution in [0.1, 0.15) is 12.5 Å². The van der Waals surface area contributed by atoms with Crippen LogP contribution in [-0.2, 0) is 6.54 Å². The fourth-order valence-electron chi connectivity index (χ4n) is 1.12. The third kappa shape index (κ3) is 2.20. The largest absolute Gasteiger partial charge is 0.385 e. The Morgan fingerprint density at radius 2 is 2.33 bits per heavy atom. The van der Waals surface area contributed by atoms with Gasteiger partial charge in [-0.25, -0.2) is 0 Å². The molecule has 1 rings (SSSR count). The standard InChI is InChI=1S/C9H15N3/c1-3-12-9-4-5-11-7-8(9)6-10-2/h4-5,7,10H,3,6H2,1-2H3,(H,11,12). The van der Waals surface area contributed by atoms with Crippen molar-refractivity contribution in [2.75, 3.05) is 18.9 Å². The van der Waals surface area contributed by atoms with Crippen LogP contribution in [0, 0.1) is 0 Å². The van der Waals surface area contributed by atoms with Gasteiger partial charge in [-0.2, -0.15) is 0 Å². The molecule has 3 heteroatoms. The summed E-state index contributed by atoms with van der Waals surface area (Å²) in [5.41, 5.74) is 2.38. The number of nitrogens with zero attached hydrogens (tertiary/aromatic N) is 1. The Hall–Kier alpha value is -1.09. The van der Waals surface area contributed by atoms with Gasteiger partial charge in [0.25, 0.3) is 0 Å². The van der Waals surface area contributed by atoms with Crippen LogP contribution >= 0.6 is 0 Å². The van der Waals surface area contributed by atoms with E-state index < -0.39 is 0 Å². The van der Waals surface area contributed by atoms with E-state index in [2.05, 4.69) is 22.5 Å². The van der Waals surface area contributed by atoms with E-state index in [4.69, 9.17) is 0 Å². The normalized spacial score (nSPS) is 9.83. The van der Waals surface area contributed by atoms with E-state index in [9.17, 15) is 0 Å². The summed E-state index contributed by atoms with van der Waals surface area (Å²) in [5, 5.41) is 6.38. The van der Waals surface area contributed by atoms with E-state index >= 15 is 0 Å². The first-order valence-corrected chi connectivity index (χ1v) is 4.19. The molecule has 0 radical (unpaired) electrons. The van der Waals surface area contributed by atoms with E-state index in [0.717, 1.165) is 13.1 Å². The minimum atomic E-state index is 0.857. The quantitative estimate of drug-likeness (QED) is 0.704. The molecular formula is C9H15N3. The molecule has 0 aromatic carbocycles. The summed E-state index contributed by atoms with van der Waals surface area (Å²) in [6.45, 7) is 3.89. The molecule has 0 fully saturated rings. The van der Waals surface area contributed by atoms with Gasteiger partial charge in [0.15, 0.2) is 0 Å². The topological polar surface area (TPSA) is 37.0 Å². The average Bonchev–Trinajstić information content (AvgIpc) is 2.09. The molecule has 66 valence electrons. The van der Waals surface area contributed by atoms with Crippen LogP contribution in [0.25, 0.3) is 0 Å². The predicted octanol–water partition coefficient (Wildman–Crippen LogP) is 1.23. The molecule has 3 nitrogen and oxygen atoms in total. The summed E-state index contributed by atoms with van der Waals surface area (Å²) in [6, 6.07) is 2.00. The number of aromatic nitrogens is 1. The number of pyridine rings is 1. The lowest BCUT2D eigenvalue weighted by molar-refractivity contribution is 0.813. The van der Waals surface area contributed by atoms with Crippen LogP contribution in [0.5, 0.6) is 0 Å². The van der Waals surface area contributed by atoms with Crippen LogP contribution in [0.4, 0.5) is 5.69 Å². The van der Waals surface area contributed by atoms with Gasteiger partial charge >= 0.3 is 0 Å². The number of hydrogen-bond acceptors (Lipinski definition) is 3. The van der Waals surface area contributed by atoms with Gasteiger partial charge in [0, 0.05) is 36.7 Å². The number of anilines is 1. The molecule has 0 saturated carbocycles. The van der Waals surface area contributed by atoms with Crippen molar-refractivity contribution in [2.24, 2.45) is 0 Å². The summed E-state index contributed by atoms with van der Waals surface area (Å²) >= 11 is 0. The molecular weight excluding hydrogens is 150 g/mol. The molecule has 12 heavy (non-hydrogen) atoms. The van der Waals surface area contributed by atoms with Crippen molar-refractivity contribution < 1.29 is 0 Å². The zero-order chi connectivity index (χ0) is 8.81. The summed E-state index contributed by atoms with van der Waals surface area (Å²) in [6.07, 6.45) is 3.69. The van der Waals surface area contributed by atoms with Gasteiger partial charge in [-0.1, -0.05) is 0 Å². The Kier molecular flexibility index (Phi) is 3.54. The van der Waals surface area contributed by atoms with Crippen LogP contribution in [-0.4, -0.2) is 18.6 Å². The minimum absolute atomic E-state index is 0.857. The molecule has 0 spiro atoms. The van der Waals surface area contributed by atoms with E-state index in [-0.39, 0.29) is 0 Å². The van der Waals surface area contributed by atoms with E-state index in [1.807, 2.05) is 19.3 Å². The van der Waals surface area contributed by atoms with Crippen molar-refractivity contribution in [2.45, 2.75) is 13.5 Å². The maximum absolute atomic E-state index is 4.07. The van der Waals surface area contributed by atoms with Gasteiger partial charge in [0.2, 0.25) is 0 Å². The summed E-state index contributed by atoms with van der Waals surface area (Å²) < 4.78 is 0. The highest BCUT2D eigenvalue weighted by molar-refractivity contribution is 5.49. The Balaban J connectivity index is 2.77. The Labute approximate surface area is 73.2 Å². The highest BCUT2D eigenvalue weighted by atomic mass is 14.9. The van der Waals surface area contributed by atoms with Crippen LogP contribution in [0.2, 0.25) is 0 Å². The van der Waals surface area contributed by atoms with Crippen molar-refractivity contribution >= 4 is 5.69 Å². The number of hydrogen-bond donors (Lipinski definition) is 2. The fourth-order valence-corrected chi connectivity index (χ4v) is 1.12. The zero-order valence-electron chi connectivity index (χ0n) is 7.59. The van der Waals surface area contributed by atoms with Gasteiger partial charge in [-0.15, -0.1) is 0 Å². The second kappa shape index (κ2) is 4.72. The maximum atomic E-state index is 4.07. The highest BCUT2D eigenvalue weighted by Crippen LogP contribution is 2.12. The first-order valence-electron chi connectivity index (χ1n) is 4.19. The third-order valence-corrected chi connectivity index (χ3v) is 1.64. The fraction of sp³-hybridized carbons (Fsp3) is 0.444. The maximum Gasteiger partial charge on any atom is 0.0416 e. The second-order valence-corrected chi connectivity index (χ2v) is 2.59. The van der Waals surface area contributed by atoms with Crippen LogP contribution in [0.3, 0.4) is 0 Å². The Morgan fingerprint density at radius 3 is 3.00 bits per heavy atom. The van der Waals surface area contributed by atoms with Gasteiger partial charge in [0.1, 0.15) is 0 Å². The van der Waals surface area contributed by atoms with E-state index in [0.29, 0.717) is 0 Å². The molecule has 2 N–H and O–H groups in total. The lowest BCUT2D eigenvalue weighted by Gasteiger charge is -2.08. The van der Waals surface area contributed by atoms with E-state index in [1.54, 1.807) is 6.20 Å². The summed E-state index contributed by atoms with van der Waals surface area (Å²) in [7, 11) is 1.93. The third-order valence-electron chi connectivity index (χ3n) is 1.64. The second-order valence-electron chi connectivity index (χ2n) is 2.59. The Bertz CT molecular complexity index is 210. The van der Waals surface area contributed by atoms with Gasteiger partial charge in [0.05, 0.1) is 0 Å². The average molecular weight is 165 g/mol. The molecule has 0 saturated heterocycles. The Morgan fingerprint density at radius 1 is 1.50 bits per heavy atom. The van der Waals surface area contributed by atoms with Gasteiger partial charge < -0.3 is 10.6 Å². The molecule has 0 bridgehead atoms. The smallest absolute Gasteiger partial charge is 0.0416 e. The number of nitrogens with one attached hydrogen (secondary N) is 2. The molecule has 0 amide bonds. The lowest BCUT2D eigenvalue weighted by Crippen LogP contribution is -2.09. The molecule has 0 aliphatic carbocycles. The first kappa shape index (κ1) is 9.00. The molecule has 1 aromatic heterocycles. The zero-order valence-corrected chi connectivity index (χ0v) is 7.59. The summed E-state index contributed by atoms with van der Waals surface area (Å²) in [5.74, 6) is 0. The van der Waals surface area contributed by atoms with Crippen molar-refractivity contribution in [3.63, 3.8) is 0 Å². The minimum Gasteiger partial charge on any atom is -0.385 e. The first-order chi connectivity index (χ1) is 5.88. The van der Waals surface area contributed by atoms with Crippen LogP contribution < -0.4 is 10.6 Å². The molecule has 0 unspecified atom stereocenters. The molecule has 0 aliphatic heterocycles. The SMILES string of the molecule is CCNc1ccncc1CNC. The van der Waals surface area contributed by atoms with Gasteiger partial charge in [-0.05, 0) is 20.0 Å². The van der Waals surface area contributed by atoms with Crippen molar-refractivity contribution in [3.8, 4) is 0 Å². The van der Waals surface area contributed by atoms with Crippen LogP contribution in [0.15, 0.2) is 18.5 Å². The summed E-state index contributed by atoms with van der Waals surface area (Å²) in [4.78, 5) is 4.07. The van der Waals surface area contributed by atoms with Crippen molar-refractivity contribution in [1.29, 1.82) is 0 Å². The predicted molar refractivity (Wildman–Crippen MR) is 51.2 cm³/mol.